The summed E-state index contributed by atoms with van der Waals surface area (Å²) < 4.78 is 16.2. The minimum atomic E-state index is 0.680. The molecule has 5 rings (SSSR count). The summed E-state index contributed by atoms with van der Waals surface area (Å²) >= 11 is 8.03. The first-order valence-corrected chi connectivity index (χ1v) is 12.5. The first kappa shape index (κ1) is 23.3. The van der Waals surface area contributed by atoms with E-state index in [-0.39, 0.29) is 0 Å². The fourth-order valence-corrected chi connectivity index (χ4v) is 5.21. The molecule has 0 spiro atoms. The molecule has 0 fully saturated rings. The monoisotopic (exact) mass is 503 g/mol. The number of nitrogens with zero attached hydrogens (tertiary/aromatic N) is 3. The number of halogens is 1. The molecule has 178 valence electrons. The Balaban J connectivity index is 1.57. The fourth-order valence-electron chi connectivity index (χ4n) is 4.02. The summed E-state index contributed by atoms with van der Waals surface area (Å²) in [7, 11) is 3.37. The number of aromatic nitrogens is 3. The van der Waals surface area contributed by atoms with E-state index in [9.17, 15) is 0 Å². The molecule has 0 N–H and O–H groups in total. The molecule has 2 heterocycles. The predicted octanol–water partition coefficient (Wildman–Crippen LogP) is 7.09. The minimum absolute atomic E-state index is 0.680. The summed E-state index contributed by atoms with van der Waals surface area (Å²) in [5, 5.41) is 0.680. The van der Waals surface area contributed by atoms with Crippen LogP contribution in [0, 0.1) is 0 Å². The molecule has 0 saturated carbocycles. The maximum Gasteiger partial charge on any atom is 0.158 e. The lowest BCUT2D eigenvalue weighted by Crippen LogP contribution is -2.10. The van der Waals surface area contributed by atoms with Gasteiger partial charge in [-0.05, 0) is 72.1 Å². The van der Waals surface area contributed by atoms with E-state index >= 15 is 0 Å². The molecule has 2 aliphatic rings. The molecule has 3 aromatic carbocycles. The van der Waals surface area contributed by atoms with Crippen LogP contribution in [0.2, 0.25) is 5.02 Å². The molecule has 0 amide bonds. The molecule has 0 aromatic heterocycles. The molecule has 0 aliphatic carbocycles. The first-order chi connectivity index (χ1) is 17.1. The van der Waals surface area contributed by atoms with Crippen LogP contribution in [0.4, 0.5) is 0 Å². The van der Waals surface area contributed by atoms with E-state index in [1.165, 1.54) is 11.1 Å². The van der Waals surface area contributed by atoms with E-state index < -0.39 is 0 Å². The Bertz CT molecular complexity index is 1450. The van der Waals surface area contributed by atoms with Gasteiger partial charge in [0.2, 0.25) is 0 Å². The number of hydrogen-bond donors (Lipinski definition) is 0. The van der Waals surface area contributed by atoms with Crippen molar-refractivity contribution in [3.05, 3.63) is 101 Å². The molecule has 0 radical (unpaired) electrons. The Morgan fingerprint density at radius 3 is 2.23 bits per heavy atom. The Hall–Kier alpha value is -3.48. The van der Waals surface area contributed by atoms with Gasteiger partial charge in [0.1, 0.15) is 11.5 Å². The molecular weight excluding hydrogens is 478 g/mol. The lowest BCUT2D eigenvalue weighted by molar-refractivity contribution is 0.414. The molecule has 5 nitrogen and oxygen atoms in total. The summed E-state index contributed by atoms with van der Waals surface area (Å²) in [6.07, 6.45) is 2.98. The lowest BCUT2D eigenvalue weighted by Gasteiger charge is -2.16. The third-order valence-corrected chi connectivity index (χ3v) is 7.25. The molecular formula is C28H26ClN3O2S. The van der Waals surface area contributed by atoms with Crippen LogP contribution in [0.1, 0.15) is 11.1 Å². The van der Waals surface area contributed by atoms with Gasteiger partial charge in [-0.3, -0.25) is 3.96 Å². The SMILES string of the molecule is COc1ccc(CCn2cccc3n(Cc4ccc(OC)cc4)sc4ccc(Cl)cc4nc2-3)cc1. The number of ether oxygens (including phenoxy) is 2. The lowest BCUT2D eigenvalue weighted by atomic mass is 10.1. The zero-order valence-corrected chi connectivity index (χ0v) is 21.2. The predicted molar refractivity (Wildman–Crippen MR) is 144 cm³/mol. The molecule has 0 saturated heterocycles. The van der Waals surface area contributed by atoms with E-state index in [0.29, 0.717) is 5.02 Å². The molecule has 35 heavy (non-hydrogen) atoms. The van der Waals surface area contributed by atoms with Crippen molar-refractivity contribution in [2.24, 2.45) is 0 Å². The van der Waals surface area contributed by atoms with Gasteiger partial charge in [-0.25, -0.2) is 4.98 Å². The fraction of sp³-hybridized carbons (Fsp3) is 0.179. The number of fused-ring (bicyclic) bond motifs is 2. The Kier molecular flexibility index (Phi) is 6.93. The molecule has 3 aromatic rings. The van der Waals surface area contributed by atoms with Crippen molar-refractivity contribution in [1.29, 1.82) is 0 Å². The van der Waals surface area contributed by atoms with E-state index in [4.69, 9.17) is 26.1 Å². The van der Waals surface area contributed by atoms with Crippen LogP contribution in [0.25, 0.3) is 21.7 Å². The number of methoxy groups -OCH3 is 2. The van der Waals surface area contributed by atoms with Crippen LogP contribution in [0.5, 0.6) is 11.5 Å². The second-order valence-electron chi connectivity index (χ2n) is 8.21. The average molecular weight is 504 g/mol. The first-order valence-electron chi connectivity index (χ1n) is 11.4. The quantitative estimate of drug-likeness (QED) is 0.238. The second-order valence-corrected chi connectivity index (χ2v) is 9.71. The third kappa shape index (κ3) is 5.29. The Morgan fingerprint density at radius 2 is 1.54 bits per heavy atom. The highest BCUT2D eigenvalue weighted by molar-refractivity contribution is 7.13. The molecule has 0 atom stereocenters. The van der Waals surface area contributed by atoms with Crippen LogP contribution >= 0.6 is 23.1 Å². The van der Waals surface area contributed by atoms with Gasteiger partial charge >= 0.3 is 0 Å². The van der Waals surface area contributed by atoms with Crippen molar-refractivity contribution >= 4 is 33.4 Å². The van der Waals surface area contributed by atoms with Crippen molar-refractivity contribution < 1.29 is 9.47 Å². The third-order valence-electron chi connectivity index (χ3n) is 5.93. The smallest absolute Gasteiger partial charge is 0.158 e. The Morgan fingerprint density at radius 1 is 0.857 bits per heavy atom. The van der Waals surface area contributed by atoms with Gasteiger partial charge in [-0.2, -0.15) is 0 Å². The highest BCUT2D eigenvalue weighted by atomic mass is 35.5. The summed E-state index contributed by atoms with van der Waals surface area (Å²) in [6.45, 7) is 1.53. The highest BCUT2D eigenvalue weighted by Gasteiger charge is 2.14. The van der Waals surface area contributed by atoms with Crippen LogP contribution in [-0.2, 0) is 19.5 Å². The van der Waals surface area contributed by atoms with Crippen LogP contribution < -0.4 is 9.47 Å². The minimum Gasteiger partial charge on any atom is -0.497 e. The van der Waals surface area contributed by atoms with Gasteiger partial charge in [-0.15, -0.1) is 0 Å². The van der Waals surface area contributed by atoms with E-state index in [1.54, 1.807) is 25.8 Å². The Labute approximate surface area is 213 Å². The highest BCUT2D eigenvalue weighted by Crippen LogP contribution is 2.29. The van der Waals surface area contributed by atoms with Crippen LogP contribution in [0.15, 0.2) is 85.1 Å². The van der Waals surface area contributed by atoms with Crippen molar-refractivity contribution in [2.75, 3.05) is 14.2 Å². The topological polar surface area (TPSA) is 41.2 Å². The van der Waals surface area contributed by atoms with Gasteiger partial charge < -0.3 is 14.0 Å². The van der Waals surface area contributed by atoms with Gasteiger partial charge in [0.15, 0.2) is 5.82 Å². The second kappa shape index (κ2) is 10.4. The molecule has 0 bridgehead atoms. The maximum atomic E-state index is 6.35. The summed E-state index contributed by atoms with van der Waals surface area (Å²) in [5.41, 5.74) is 4.38. The number of hydrogen-bond acceptors (Lipinski definition) is 4. The van der Waals surface area contributed by atoms with Crippen molar-refractivity contribution in [1.82, 2.24) is 13.5 Å². The zero-order valence-electron chi connectivity index (χ0n) is 19.6. The van der Waals surface area contributed by atoms with Gasteiger partial charge in [0, 0.05) is 17.8 Å². The van der Waals surface area contributed by atoms with E-state index in [0.717, 1.165) is 52.7 Å². The van der Waals surface area contributed by atoms with E-state index in [2.05, 4.69) is 51.1 Å². The van der Waals surface area contributed by atoms with Gasteiger partial charge in [0.05, 0.1) is 36.7 Å². The van der Waals surface area contributed by atoms with Crippen molar-refractivity contribution in [3.63, 3.8) is 0 Å². The largest absolute Gasteiger partial charge is 0.497 e. The molecule has 7 heteroatoms. The van der Waals surface area contributed by atoms with Crippen LogP contribution in [0.3, 0.4) is 0 Å². The van der Waals surface area contributed by atoms with Gasteiger partial charge in [-0.1, -0.05) is 47.4 Å². The number of benzene rings is 3. The maximum absolute atomic E-state index is 6.35. The van der Waals surface area contributed by atoms with Crippen molar-refractivity contribution in [2.45, 2.75) is 19.5 Å². The van der Waals surface area contributed by atoms with E-state index in [1.807, 2.05) is 42.5 Å². The zero-order chi connectivity index (χ0) is 24.2. The average Bonchev–Trinajstić information content (AvgIpc) is 3.04. The number of aryl methyl sites for hydroxylation is 2. The summed E-state index contributed by atoms with van der Waals surface area (Å²) in [6, 6.07) is 26.5. The summed E-state index contributed by atoms with van der Waals surface area (Å²) in [4.78, 5) is 5.10. The number of rotatable bonds is 7. The molecule has 2 aliphatic heterocycles. The summed E-state index contributed by atoms with van der Waals surface area (Å²) in [5.74, 6) is 2.64. The van der Waals surface area contributed by atoms with Crippen molar-refractivity contribution in [3.8, 4) is 23.0 Å². The molecule has 0 unspecified atom stereocenters. The van der Waals surface area contributed by atoms with Gasteiger partial charge in [0.25, 0.3) is 0 Å². The van der Waals surface area contributed by atoms with Crippen LogP contribution in [-0.4, -0.2) is 27.7 Å². The number of pyridine rings is 1. The normalized spacial score (nSPS) is 11.1. The standard InChI is InChI=1S/C28H26ClN3O2S/c1-33-23-10-5-20(6-11-23)15-17-31-16-3-4-26-28(31)30-25-18-22(29)9-14-27(25)35-32(26)19-21-7-12-24(34-2)13-8-21/h3-14,16,18H,15,17,19H2,1-2H3.